The molecular formula is C19H31N3O. The molecule has 0 bridgehead atoms. The molecule has 128 valence electrons. The van der Waals surface area contributed by atoms with E-state index in [0.29, 0.717) is 13.1 Å². The summed E-state index contributed by atoms with van der Waals surface area (Å²) in [5, 5.41) is 0. The molecule has 0 N–H and O–H groups in total. The summed E-state index contributed by atoms with van der Waals surface area (Å²) in [6, 6.07) is 8.63. The zero-order chi connectivity index (χ0) is 16.7. The number of carbonyl (C=O) groups excluding carboxylic acids is 1. The molecule has 1 aromatic carbocycles. The Hall–Kier alpha value is -1.39. The maximum Gasteiger partial charge on any atom is 0.237 e. The molecule has 4 heteroatoms. The highest BCUT2D eigenvalue weighted by molar-refractivity contribution is 5.78. The van der Waals surface area contributed by atoms with Crippen molar-refractivity contribution in [1.29, 1.82) is 0 Å². The Morgan fingerprint density at radius 3 is 2.09 bits per heavy atom. The van der Waals surface area contributed by atoms with Crippen molar-refractivity contribution in [3.05, 3.63) is 35.4 Å². The van der Waals surface area contributed by atoms with Gasteiger partial charge in [-0.25, -0.2) is 0 Å². The van der Waals surface area contributed by atoms with E-state index in [1.165, 1.54) is 30.4 Å². The van der Waals surface area contributed by atoms with Gasteiger partial charge in [0.2, 0.25) is 5.91 Å². The van der Waals surface area contributed by atoms with Crippen LogP contribution in [0, 0.1) is 0 Å². The van der Waals surface area contributed by atoms with Crippen molar-refractivity contribution in [2.24, 2.45) is 0 Å². The molecule has 0 spiro atoms. The summed E-state index contributed by atoms with van der Waals surface area (Å²) in [6.07, 6.45) is 3.76. The first-order valence-electron chi connectivity index (χ1n) is 8.81. The molecule has 1 saturated heterocycles. The fraction of sp³-hybridized carbons (Fsp3) is 0.632. The Morgan fingerprint density at radius 2 is 1.57 bits per heavy atom. The van der Waals surface area contributed by atoms with E-state index in [1.807, 2.05) is 4.90 Å². The van der Waals surface area contributed by atoms with Gasteiger partial charge in [0.1, 0.15) is 0 Å². The normalized spacial score (nSPS) is 15.8. The van der Waals surface area contributed by atoms with Gasteiger partial charge >= 0.3 is 0 Å². The van der Waals surface area contributed by atoms with Gasteiger partial charge in [-0.3, -0.25) is 9.69 Å². The number of hydrogen-bond acceptors (Lipinski definition) is 3. The summed E-state index contributed by atoms with van der Waals surface area (Å²) in [4.78, 5) is 19.0. The molecule has 1 aliphatic heterocycles. The molecule has 0 unspecified atom stereocenters. The van der Waals surface area contributed by atoms with Gasteiger partial charge in [-0.05, 0) is 58.1 Å². The van der Waals surface area contributed by atoms with Crippen LogP contribution in [0.2, 0.25) is 0 Å². The van der Waals surface area contributed by atoms with Gasteiger partial charge in [0.25, 0.3) is 0 Å². The van der Waals surface area contributed by atoms with Crippen molar-refractivity contribution in [3.8, 4) is 0 Å². The number of carbonyl (C=O) groups is 1. The Balaban J connectivity index is 1.88. The smallest absolute Gasteiger partial charge is 0.237 e. The molecule has 0 aromatic heterocycles. The van der Waals surface area contributed by atoms with Crippen LogP contribution in [0.5, 0.6) is 0 Å². The lowest BCUT2D eigenvalue weighted by molar-refractivity contribution is -0.133. The SMILES string of the molecule is CCN(Cc1ccc(CN(C)C)cc1)C(=O)CN1CCCCC1. The van der Waals surface area contributed by atoms with Crippen LogP contribution in [-0.2, 0) is 17.9 Å². The Kier molecular flexibility index (Phi) is 7.06. The van der Waals surface area contributed by atoms with Gasteiger partial charge in [0.15, 0.2) is 0 Å². The molecule has 23 heavy (non-hydrogen) atoms. The molecule has 0 aliphatic carbocycles. The second kappa shape index (κ2) is 9.04. The first kappa shape index (κ1) is 18.0. The van der Waals surface area contributed by atoms with Crippen LogP contribution >= 0.6 is 0 Å². The quantitative estimate of drug-likeness (QED) is 0.773. The minimum Gasteiger partial charge on any atom is -0.338 e. The Morgan fingerprint density at radius 1 is 1.00 bits per heavy atom. The predicted octanol–water partition coefficient (Wildman–Crippen LogP) is 2.58. The monoisotopic (exact) mass is 317 g/mol. The molecule has 1 fully saturated rings. The average Bonchev–Trinajstić information content (AvgIpc) is 2.54. The summed E-state index contributed by atoms with van der Waals surface area (Å²) in [5.74, 6) is 0.256. The standard InChI is InChI=1S/C19H31N3O/c1-4-22(19(23)16-21-12-6-5-7-13-21)15-18-10-8-17(9-11-18)14-20(2)3/h8-11H,4-7,12-16H2,1-3H3. The minimum atomic E-state index is 0.256. The molecular weight excluding hydrogens is 286 g/mol. The lowest BCUT2D eigenvalue weighted by atomic mass is 10.1. The third-order valence-corrected chi connectivity index (χ3v) is 4.44. The number of likely N-dealkylation sites (N-methyl/N-ethyl adjacent to an activating group) is 1. The van der Waals surface area contributed by atoms with Crippen molar-refractivity contribution in [2.75, 3.05) is 40.3 Å². The second-order valence-corrected chi connectivity index (χ2v) is 6.80. The predicted molar refractivity (Wildman–Crippen MR) is 95.2 cm³/mol. The lowest BCUT2D eigenvalue weighted by Crippen LogP contribution is -2.41. The van der Waals surface area contributed by atoms with E-state index in [4.69, 9.17) is 0 Å². The van der Waals surface area contributed by atoms with Crippen LogP contribution in [0.25, 0.3) is 0 Å². The number of amides is 1. The van der Waals surface area contributed by atoms with Gasteiger partial charge in [-0.2, -0.15) is 0 Å². The fourth-order valence-electron chi connectivity index (χ4n) is 3.12. The summed E-state index contributed by atoms with van der Waals surface area (Å²) in [7, 11) is 4.15. The average molecular weight is 317 g/mol. The van der Waals surface area contributed by atoms with E-state index in [-0.39, 0.29) is 5.91 Å². The maximum atomic E-state index is 12.5. The number of nitrogens with zero attached hydrogens (tertiary/aromatic N) is 3. The second-order valence-electron chi connectivity index (χ2n) is 6.80. The van der Waals surface area contributed by atoms with E-state index < -0.39 is 0 Å². The number of piperidine rings is 1. The summed E-state index contributed by atoms with van der Waals surface area (Å²) >= 11 is 0. The third-order valence-electron chi connectivity index (χ3n) is 4.44. The molecule has 1 heterocycles. The Bertz CT molecular complexity index is 478. The molecule has 1 amide bonds. The van der Waals surface area contributed by atoms with Crippen LogP contribution in [0.15, 0.2) is 24.3 Å². The lowest BCUT2D eigenvalue weighted by Gasteiger charge is -2.29. The summed E-state index contributed by atoms with van der Waals surface area (Å²) in [5.41, 5.74) is 2.52. The zero-order valence-corrected chi connectivity index (χ0v) is 14.9. The summed E-state index contributed by atoms with van der Waals surface area (Å²) < 4.78 is 0. The van der Waals surface area contributed by atoms with Gasteiger partial charge in [-0.1, -0.05) is 30.7 Å². The van der Waals surface area contributed by atoms with E-state index in [2.05, 4.69) is 55.1 Å². The van der Waals surface area contributed by atoms with Gasteiger partial charge in [-0.15, -0.1) is 0 Å². The Labute approximate surface area is 141 Å². The van der Waals surface area contributed by atoms with Crippen LogP contribution < -0.4 is 0 Å². The molecule has 0 radical (unpaired) electrons. The van der Waals surface area contributed by atoms with E-state index >= 15 is 0 Å². The molecule has 1 aliphatic rings. The molecule has 1 aromatic rings. The topological polar surface area (TPSA) is 26.8 Å². The molecule has 0 atom stereocenters. The largest absolute Gasteiger partial charge is 0.338 e. The fourth-order valence-corrected chi connectivity index (χ4v) is 3.12. The zero-order valence-electron chi connectivity index (χ0n) is 14.9. The van der Waals surface area contributed by atoms with Crippen LogP contribution in [0.1, 0.15) is 37.3 Å². The van der Waals surface area contributed by atoms with Crippen molar-refractivity contribution >= 4 is 5.91 Å². The first-order valence-corrected chi connectivity index (χ1v) is 8.81. The first-order chi connectivity index (χ1) is 11.1. The van der Waals surface area contributed by atoms with Gasteiger partial charge < -0.3 is 9.80 Å². The molecule has 4 nitrogen and oxygen atoms in total. The van der Waals surface area contributed by atoms with Crippen molar-refractivity contribution in [3.63, 3.8) is 0 Å². The van der Waals surface area contributed by atoms with E-state index in [0.717, 1.165) is 26.2 Å². The number of likely N-dealkylation sites (tertiary alicyclic amines) is 1. The van der Waals surface area contributed by atoms with Crippen molar-refractivity contribution < 1.29 is 4.79 Å². The van der Waals surface area contributed by atoms with Crippen LogP contribution in [-0.4, -0.2) is 60.9 Å². The molecule has 2 rings (SSSR count). The van der Waals surface area contributed by atoms with E-state index in [1.54, 1.807) is 0 Å². The minimum absolute atomic E-state index is 0.256. The summed E-state index contributed by atoms with van der Waals surface area (Å²) in [6.45, 7) is 7.22. The number of benzene rings is 1. The van der Waals surface area contributed by atoms with E-state index in [9.17, 15) is 4.79 Å². The van der Waals surface area contributed by atoms with Gasteiger partial charge in [0, 0.05) is 19.6 Å². The molecule has 0 saturated carbocycles. The highest BCUT2D eigenvalue weighted by Crippen LogP contribution is 2.11. The van der Waals surface area contributed by atoms with Gasteiger partial charge in [0.05, 0.1) is 6.54 Å². The maximum absolute atomic E-state index is 12.5. The number of hydrogen-bond donors (Lipinski definition) is 0. The van der Waals surface area contributed by atoms with Crippen molar-refractivity contribution in [2.45, 2.75) is 39.3 Å². The van der Waals surface area contributed by atoms with Crippen LogP contribution in [0.4, 0.5) is 0 Å². The third kappa shape index (κ3) is 5.96. The number of rotatable bonds is 7. The van der Waals surface area contributed by atoms with Crippen LogP contribution in [0.3, 0.4) is 0 Å². The highest BCUT2D eigenvalue weighted by atomic mass is 16.2. The highest BCUT2D eigenvalue weighted by Gasteiger charge is 2.18. The van der Waals surface area contributed by atoms with Crippen molar-refractivity contribution in [1.82, 2.24) is 14.7 Å².